The molecule has 1 aliphatic rings. The lowest BCUT2D eigenvalue weighted by Gasteiger charge is -2.39. The van der Waals surface area contributed by atoms with Crippen LogP contribution in [0.1, 0.15) is 32.6 Å². The third-order valence-corrected chi connectivity index (χ3v) is 2.85. The zero-order valence-electron chi connectivity index (χ0n) is 9.56. The summed E-state index contributed by atoms with van der Waals surface area (Å²) in [5.74, 6) is 0. The van der Waals surface area contributed by atoms with Gasteiger partial charge in [-0.25, -0.2) is 0 Å². The second kappa shape index (κ2) is 5.19. The van der Waals surface area contributed by atoms with Crippen LogP contribution in [0.25, 0.3) is 0 Å². The SMILES string of the molecule is CCC(=CC1(OCOC)CCC1)C(F)(F)F. The molecule has 0 N–H and O–H groups in total. The largest absolute Gasteiger partial charge is 0.412 e. The molecule has 0 aromatic rings. The van der Waals surface area contributed by atoms with Crippen LogP contribution in [0.15, 0.2) is 11.6 Å². The molecular weight excluding hydrogens is 221 g/mol. The maximum absolute atomic E-state index is 12.6. The summed E-state index contributed by atoms with van der Waals surface area (Å²) in [6, 6.07) is 0. The first-order chi connectivity index (χ1) is 7.43. The van der Waals surface area contributed by atoms with Gasteiger partial charge in [0.1, 0.15) is 6.79 Å². The Morgan fingerprint density at radius 2 is 2.00 bits per heavy atom. The van der Waals surface area contributed by atoms with E-state index in [4.69, 9.17) is 9.47 Å². The average Bonchev–Trinajstić information content (AvgIpc) is 2.14. The summed E-state index contributed by atoms with van der Waals surface area (Å²) >= 11 is 0. The van der Waals surface area contributed by atoms with E-state index in [1.807, 2.05) is 0 Å². The van der Waals surface area contributed by atoms with Gasteiger partial charge in [-0.15, -0.1) is 0 Å². The molecule has 0 heterocycles. The lowest BCUT2D eigenvalue weighted by atomic mass is 9.78. The highest BCUT2D eigenvalue weighted by molar-refractivity contribution is 5.18. The molecule has 94 valence electrons. The Morgan fingerprint density at radius 3 is 2.31 bits per heavy atom. The standard InChI is InChI=1S/C11H17F3O2/c1-3-9(11(12,13)14)7-10(5-4-6-10)16-8-15-2/h7H,3-6,8H2,1-2H3. The highest BCUT2D eigenvalue weighted by atomic mass is 19.4. The van der Waals surface area contributed by atoms with E-state index < -0.39 is 17.4 Å². The third kappa shape index (κ3) is 3.22. The van der Waals surface area contributed by atoms with Crippen molar-refractivity contribution < 1.29 is 22.6 Å². The van der Waals surface area contributed by atoms with Crippen LogP contribution in [0.5, 0.6) is 0 Å². The van der Waals surface area contributed by atoms with Gasteiger partial charge < -0.3 is 9.47 Å². The highest BCUT2D eigenvalue weighted by Crippen LogP contribution is 2.40. The lowest BCUT2D eigenvalue weighted by molar-refractivity contribution is -0.143. The summed E-state index contributed by atoms with van der Waals surface area (Å²) in [7, 11) is 1.46. The van der Waals surface area contributed by atoms with E-state index >= 15 is 0 Å². The Balaban J connectivity index is 2.76. The smallest absolute Gasteiger partial charge is 0.359 e. The minimum absolute atomic E-state index is 0.0262. The van der Waals surface area contributed by atoms with Gasteiger partial charge in [-0.2, -0.15) is 13.2 Å². The molecule has 0 radical (unpaired) electrons. The number of allylic oxidation sites excluding steroid dienone is 1. The van der Waals surface area contributed by atoms with Crippen molar-refractivity contribution in [1.29, 1.82) is 0 Å². The summed E-state index contributed by atoms with van der Waals surface area (Å²) in [5.41, 5.74) is -1.26. The van der Waals surface area contributed by atoms with Crippen molar-refractivity contribution in [1.82, 2.24) is 0 Å². The molecule has 0 amide bonds. The van der Waals surface area contributed by atoms with Crippen LogP contribution in [0, 0.1) is 0 Å². The Hall–Kier alpha value is -0.550. The Kier molecular flexibility index (Phi) is 4.38. The summed E-state index contributed by atoms with van der Waals surface area (Å²) in [4.78, 5) is 0. The zero-order chi connectivity index (χ0) is 12.2. The van der Waals surface area contributed by atoms with E-state index in [-0.39, 0.29) is 13.2 Å². The third-order valence-electron chi connectivity index (χ3n) is 2.85. The van der Waals surface area contributed by atoms with Gasteiger partial charge in [0.2, 0.25) is 0 Å². The number of rotatable bonds is 5. The molecule has 0 aliphatic heterocycles. The molecule has 0 aromatic carbocycles. The van der Waals surface area contributed by atoms with Crippen molar-refractivity contribution >= 4 is 0 Å². The number of methoxy groups -OCH3 is 1. The van der Waals surface area contributed by atoms with Gasteiger partial charge >= 0.3 is 6.18 Å². The fourth-order valence-corrected chi connectivity index (χ4v) is 1.73. The number of hydrogen-bond acceptors (Lipinski definition) is 2. The predicted molar refractivity (Wildman–Crippen MR) is 54.0 cm³/mol. The monoisotopic (exact) mass is 238 g/mol. The van der Waals surface area contributed by atoms with E-state index in [1.54, 1.807) is 0 Å². The van der Waals surface area contributed by atoms with Gasteiger partial charge in [0.25, 0.3) is 0 Å². The maximum atomic E-state index is 12.6. The Morgan fingerprint density at radius 1 is 1.38 bits per heavy atom. The fourth-order valence-electron chi connectivity index (χ4n) is 1.73. The highest BCUT2D eigenvalue weighted by Gasteiger charge is 2.41. The van der Waals surface area contributed by atoms with Crippen molar-refractivity contribution in [2.24, 2.45) is 0 Å². The zero-order valence-corrected chi connectivity index (χ0v) is 9.56. The van der Waals surface area contributed by atoms with Crippen molar-refractivity contribution in [2.75, 3.05) is 13.9 Å². The topological polar surface area (TPSA) is 18.5 Å². The molecule has 0 atom stereocenters. The van der Waals surface area contributed by atoms with Crippen LogP contribution < -0.4 is 0 Å². The van der Waals surface area contributed by atoms with Crippen LogP contribution in [0.2, 0.25) is 0 Å². The second-order valence-electron chi connectivity index (χ2n) is 3.99. The van der Waals surface area contributed by atoms with Crippen LogP contribution in [-0.2, 0) is 9.47 Å². The summed E-state index contributed by atoms with van der Waals surface area (Å²) < 4.78 is 47.8. The molecular formula is C11H17F3O2. The molecule has 0 saturated heterocycles. The van der Waals surface area contributed by atoms with Crippen molar-refractivity contribution in [3.63, 3.8) is 0 Å². The predicted octanol–water partition coefficient (Wildman–Crippen LogP) is 3.43. The quantitative estimate of drug-likeness (QED) is 0.539. The van der Waals surface area contributed by atoms with Crippen LogP contribution in [0.3, 0.4) is 0 Å². The molecule has 1 rings (SSSR count). The molecule has 2 nitrogen and oxygen atoms in total. The second-order valence-corrected chi connectivity index (χ2v) is 3.99. The van der Waals surface area contributed by atoms with Gasteiger partial charge in [0.15, 0.2) is 0 Å². The van der Waals surface area contributed by atoms with E-state index in [0.29, 0.717) is 12.8 Å². The first kappa shape index (κ1) is 13.5. The number of alkyl halides is 3. The summed E-state index contributed by atoms with van der Waals surface area (Å²) in [5, 5.41) is 0. The van der Waals surface area contributed by atoms with Crippen molar-refractivity contribution in [3.8, 4) is 0 Å². The number of ether oxygens (including phenoxy) is 2. The molecule has 0 unspecified atom stereocenters. The van der Waals surface area contributed by atoms with Gasteiger partial charge in [0.05, 0.1) is 5.60 Å². The first-order valence-corrected chi connectivity index (χ1v) is 5.35. The molecule has 5 heteroatoms. The van der Waals surface area contributed by atoms with E-state index in [1.165, 1.54) is 20.1 Å². The normalized spacial score (nSPS) is 20.7. The Bertz CT molecular complexity index is 254. The van der Waals surface area contributed by atoms with E-state index in [0.717, 1.165) is 6.42 Å². The Labute approximate surface area is 93.4 Å². The maximum Gasteiger partial charge on any atom is 0.412 e. The van der Waals surface area contributed by atoms with Crippen LogP contribution >= 0.6 is 0 Å². The van der Waals surface area contributed by atoms with Crippen molar-refractivity contribution in [2.45, 2.75) is 44.4 Å². The molecule has 1 saturated carbocycles. The number of hydrogen-bond donors (Lipinski definition) is 0. The number of halogens is 3. The average molecular weight is 238 g/mol. The van der Waals surface area contributed by atoms with Gasteiger partial charge in [0, 0.05) is 12.7 Å². The molecule has 16 heavy (non-hydrogen) atoms. The van der Waals surface area contributed by atoms with E-state index in [9.17, 15) is 13.2 Å². The molecule has 0 spiro atoms. The summed E-state index contributed by atoms with van der Waals surface area (Å²) in [6.07, 6.45) is -0.883. The lowest BCUT2D eigenvalue weighted by Crippen LogP contribution is -2.39. The molecule has 0 aromatic heterocycles. The van der Waals surface area contributed by atoms with Gasteiger partial charge in [-0.1, -0.05) is 6.92 Å². The van der Waals surface area contributed by atoms with Gasteiger partial charge in [-0.3, -0.25) is 0 Å². The molecule has 0 bridgehead atoms. The first-order valence-electron chi connectivity index (χ1n) is 5.35. The fraction of sp³-hybridized carbons (Fsp3) is 0.818. The van der Waals surface area contributed by atoms with Crippen LogP contribution in [0.4, 0.5) is 13.2 Å². The van der Waals surface area contributed by atoms with Gasteiger partial charge in [-0.05, 0) is 31.8 Å². The van der Waals surface area contributed by atoms with E-state index in [2.05, 4.69) is 0 Å². The minimum atomic E-state index is -4.26. The molecule has 1 fully saturated rings. The van der Waals surface area contributed by atoms with Crippen molar-refractivity contribution in [3.05, 3.63) is 11.6 Å². The minimum Gasteiger partial charge on any atom is -0.359 e. The molecule has 1 aliphatic carbocycles. The van der Waals surface area contributed by atoms with Crippen LogP contribution in [-0.4, -0.2) is 25.7 Å². The summed E-state index contributed by atoms with van der Waals surface area (Å²) in [6.45, 7) is 1.54.